The van der Waals surface area contributed by atoms with Crippen molar-refractivity contribution in [2.45, 2.75) is 18.6 Å². The number of nitrogens with two attached hydrogens (primary N) is 1. The molecular weight excluding hydrogens is 449 g/mol. The van der Waals surface area contributed by atoms with Crippen LogP contribution in [0.2, 0.25) is 10.0 Å². The van der Waals surface area contributed by atoms with Crippen molar-refractivity contribution in [2.75, 3.05) is 18.4 Å². The molecule has 160 valence electrons. The molecular formula is C20H21Cl2N3O4S. The summed E-state index contributed by atoms with van der Waals surface area (Å²) in [5, 5.41) is 3.25. The quantitative estimate of drug-likeness (QED) is 0.675. The lowest BCUT2D eigenvalue weighted by Gasteiger charge is -2.31. The van der Waals surface area contributed by atoms with Gasteiger partial charge >= 0.3 is 0 Å². The first kappa shape index (κ1) is 22.6. The number of benzene rings is 2. The number of hydrogen-bond acceptors (Lipinski definition) is 4. The lowest BCUT2D eigenvalue weighted by atomic mass is 9.98. The number of halogens is 2. The first-order valence-electron chi connectivity index (χ1n) is 9.29. The molecule has 2 aromatic rings. The summed E-state index contributed by atoms with van der Waals surface area (Å²) in [6.45, 7) is 0.348. The van der Waals surface area contributed by atoms with Gasteiger partial charge in [0.25, 0.3) is 5.91 Å². The van der Waals surface area contributed by atoms with Crippen LogP contribution in [0.4, 0.5) is 5.69 Å². The topological polar surface area (TPSA) is 110 Å². The van der Waals surface area contributed by atoms with Gasteiger partial charge in [-0.05, 0) is 37.1 Å². The van der Waals surface area contributed by atoms with E-state index in [4.69, 9.17) is 28.9 Å². The Hall–Kier alpha value is -2.13. The number of primary amides is 1. The third kappa shape index (κ3) is 5.13. The summed E-state index contributed by atoms with van der Waals surface area (Å²) in [6, 6.07) is 11.2. The predicted octanol–water partition coefficient (Wildman–Crippen LogP) is 3.27. The van der Waals surface area contributed by atoms with Crippen LogP contribution in [0.1, 0.15) is 28.8 Å². The van der Waals surface area contributed by atoms with Crippen LogP contribution in [0.15, 0.2) is 42.5 Å². The molecule has 1 atom stereocenters. The van der Waals surface area contributed by atoms with E-state index in [0.29, 0.717) is 30.6 Å². The van der Waals surface area contributed by atoms with Gasteiger partial charge in [-0.1, -0.05) is 41.4 Å². The summed E-state index contributed by atoms with van der Waals surface area (Å²) in [7, 11) is -3.73. The standard InChI is InChI=1S/C20H21Cl2N3O4S/c21-16-7-3-8-17(22)15(16)12-30(28,29)25-10-4-5-13(11-25)20(27)24-18-9-2-1-6-14(18)19(23)26/h1-3,6-9,13H,4-5,10-12H2,(H2,23,26)(H,24,27)/t13-/m1/s1. The Morgan fingerprint density at radius 2 is 1.77 bits per heavy atom. The van der Waals surface area contributed by atoms with Gasteiger partial charge < -0.3 is 11.1 Å². The molecule has 1 aliphatic heterocycles. The number of carbonyl (C=O) groups excluding carboxylic acids is 2. The minimum atomic E-state index is -3.73. The van der Waals surface area contributed by atoms with Crippen LogP contribution >= 0.6 is 23.2 Å². The highest BCUT2D eigenvalue weighted by molar-refractivity contribution is 7.88. The molecule has 30 heavy (non-hydrogen) atoms. The second-order valence-corrected chi connectivity index (χ2v) is 9.84. The zero-order valence-corrected chi connectivity index (χ0v) is 18.3. The van der Waals surface area contributed by atoms with Crippen LogP contribution in [-0.4, -0.2) is 37.6 Å². The Bertz CT molecular complexity index is 1060. The predicted molar refractivity (Wildman–Crippen MR) is 117 cm³/mol. The highest BCUT2D eigenvalue weighted by Gasteiger charge is 2.33. The maximum absolute atomic E-state index is 12.9. The lowest BCUT2D eigenvalue weighted by molar-refractivity contribution is -0.120. The Morgan fingerprint density at radius 3 is 2.43 bits per heavy atom. The van der Waals surface area contributed by atoms with Crippen LogP contribution in [0.25, 0.3) is 0 Å². The second-order valence-electron chi connectivity index (χ2n) is 7.05. The van der Waals surface area contributed by atoms with Gasteiger partial charge in [0, 0.05) is 28.7 Å². The van der Waals surface area contributed by atoms with E-state index in [-0.39, 0.29) is 33.8 Å². The Morgan fingerprint density at radius 1 is 1.10 bits per heavy atom. The zero-order valence-electron chi connectivity index (χ0n) is 16.0. The Balaban J connectivity index is 1.73. The smallest absolute Gasteiger partial charge is 0.250 e. The summed E-state index contributed by atoms with van der Waals surface area (Å²) < 4.78 is 27.2. The molecule has 0 aliphatic carbocycles. The van der Waals surface area contributed by atoms with Gasteiger partial charge in [0.2, 0.25) is 15.9 Å². The van der Waals surface area contributed by atoms with E-state index >= 15 is 0 Å². The molecule has 1 heterocycles. The summed E-state index contributed by atoms with van der Waals surface area (Å²) in [6.07, 6.45) is 1.06. The van der Waals surface area contributed by atoms with E-state index in [1.54, 1.807) is 36.4 Å². The second kappa shape index (κ2) is 9.34. The van der Waals surface area contributed by atoms with Crippen molar-refractivity contribution in [1.82, 2.24) is 4.31 Å². The number of rotatable bonds is 6. The largest absolute Gasteiger partial charge is 0.366 e. The van der Waals surface area contributed by atoms with Gasteiger partial charge in [-0.25, -0.2) is 12.7 Å². The van der Waals surface area contributed by atoms with Crippen LogP contribution in [0.5, 0.6) is 0 Å². The molecule has 0 spiro atoms. The molecule has 3 N–H and O–H groups in total. The first-order valence-corrected chi connectivity index (χ1v) is 11.7. The fourth-order valence-corrected chi connectivity index (χ4v) is 5.76. The Kier molecular flexibility index (Phi) is 7.02. The van der Waals surface area contributed by atoms with Crippen molar-refractivity contribution < 1.29 is 18.0 Å². The monoisotopic (exact) mass is 469 g/mol. The molecule has 2 aromatic carbocycles. The van der Waals surface area contributed by atoms with Crippen molar-refractivity contribution in [3.05, 3.63) is 63.6 Å². The van der Waals surface area contributed by atoms with Crippen molar-refractivity contribution >= 4 is 50.7 Å². The highest BCUT2D eigenvalue weighted by atomic mass is 35.5. The number of piperidine rings is 1. The van der Waals surface area contributed by atoms with Crippen molar-refractivity contribution in [3.63, 3.8) is 0 Å². The van der Waals surface area contributed by atoms with E-state index in [0.717, 1.165) is 0 Å². The lowest BCUT2D eigenvalue weighted by Crippen LogP contribution is -2.44. The molecule has 2 amide bonds. The van der Waals surface area contributed by atoms with Crippen LogP contribution in [-0.2, 0) is 20.6 Å². The van der Waals surface area contributed by atoms with Gasteiger partial charge in [0.1, 0.15) is 0 Å². The minimum Gasteiger partial charge on any atom is -0.366 e. The van der Waals surface area contributed by atoms with Crippen molar-refractivity contribution in [1.29, 1.82) is 0 Å². The molecule has 0 unspecified atom stereocenters. The molecule has 7 nitrogen and oxygen atoms in total. The number of nitrogens with zero attached hydrogens (tertiary/aromatic N) is 1. The molecule has 10 heteroatoms. The van der Waals surface area contributed by atoms with Crippen LogP contribution in [0.3, 0.4) is 0 Å². The third-order valence-electron chi connectivity index (χ3n) is 4.99. The fraction of sp³-hybridized carbons (Fsp3) is 0.300. The van der Waals surface area contributed by atoms with Crippen LogP contribution in [0, 0.1) is 5.92 Å². The first-order chi connectivity index (χ1) is 14.2. The number of anilines is 1. The van der Waals surface area contributed by atoms with E-state index in [2.05, 4.69) is 5.32 Å². The molecule has 3 rings (SSSR count). The average Bonchev–Trinajstić information content (AvgIpc) is 2.71. The number of hydrogen-bond donors (Lipinski definition) is 2. The SMILES string of the molecule is NC(=O)c1ccccc1NC(=O)[C@@H]1CCCN(S(=O)(=O)Cc2c(Cl)cccc2Cl)C1. The minimum absolute atomic E-state index is 0.0367. The molecule has 1 saturated heterocycles. The third-order valence-corrected chi connectivity index (χ3v) is 7.47. The number of para-hydroxylation sites is 1. The maximum Gasteiger partial charge on any atom is 0.250 e. The van der Waals surface area contributed by atoms with E-state index < -0.39 is 21.8 Å². The van der Waals surface area contributed by atoms with Crippen molar-refractivity contribution in [3.8, 4) is 0 Å². The number of carbonyl (C=O) groups is 2. The van der Waals surface area contributed by atoms with Gasteiger partial charge in [0.15, 0.2) is 0 Å². The molecule has 1 fully saturated rings. The van der Waals surface area contributed by atoms with Crippen LogP contribution < -0.4 is 11.1 Å². The molecule has 0 bridgehead atoms. The van der Waals surface area contributed by atoms with E-state index in [9.17, 15) is 18.0 Å². The molecule has 0 saturated carbocycles. The normalized spacial score (nSPS) is 17.5. The highest BCUT2D eigenvalue weighted by Crippen LogP contribution is 2.29. The molecule has 0 radical (unpaired) electrons. The maximum atomic E-state index is 12.9. The summed E-state index contributed by atoms with van der Waals surface area (Å²) in [5.41, 5.74) is 6.18. The summed E-state index contributed by atoms with van der Waals surface area (Å²) in [5.74, 6) is -1.92. The summed E-state index contributed by atoms with van der Waals surface area (Å²) in [4.78, 5) is 24.3. The van der Waals surface area contributed by atoms with E-state index in [1.165, 1.54) is 10.4 Å². The van der Waals surface area contributed by atoms with E-state index in [1.807, 2.05) is 0 Å². The van der Waals surface area contributed by atoms with Gasteiger partial charge in [0.05, 0.1) is 22.9 Å². The number of amides is 2. The fourth-order valence-electron chi connectivity index (χ4n) is 3.39. The number of sulfonamides is 1. The van der Waals surface area contributed by atoms with Gasteiger partial charge in [-0.15, -0.1) is 0 Å². The summed E-state index contributed by atoms with van der Waals surface area (Å²) >= 11 is 12.2. The van der Waals surface area contributed by atoms with Crippen molar-refractivity contribution in [2.24, 2.45) is 11.7 Å². The van der Waals surface area contributed by atoms with Gasteiger partial charge in [-0.3, -0.25) is 9.59 Å². The Labute approximate surface area is 185 Å². The van der Waals surface area contributed by atoms with Gasteiger partial charge in [-0.2, -0.15) is 0 Å². The average molecular weight is 470 g/mol. The molecule has 0 aromatic heterocycles. The number of nitrogens with one attached hydrogen (secondary N) is 1. The molecule has 1 aliphatic rings. The zero-order chi connectivity index (χ0) is 21.9.